The first-order valence-corrected chi connectivity index (χ1v) is 11.9. The van der Waals surface area contributed by atoms with Crippen LogP contribution in [-0.4, -0.2) is 90.0 Å². The van der Waals surface area contributed by atoms with E-state index < -0.39 is 6.04 Å². The minimum absolute atomic E-state index is 0.0369. The number of nitrogens with zero attached hydrogens (tertiary/aromatic N) is 4. The highest BCUT2D eigenvalue weighted by Crippen LogP contribution is 2.32. The Morgan fingerprint density at radius 3 is 2.25 bits per heavy atom. The molecule has 7 nitrogen and oxygen atoms in total. The van der Waals surface area contributed by atoms with Crippen LogP contribution in [0.4, 0.5) is 0 Å². The van der Waals surface area contributed by atoms with Crippen molar-refractivity contribution in [2.45, 2.75) is 38.6 Å². The molecule has 1 atom stereocenters. The molecule has 1 aromatic carbocycles. The number of amides is 2. The number of carbonyl (C=O) groups is 2. The zero-order valence-electron chi connectivity index (χ0n) is 19.9. The summed E-state index contributed by atoms with van der Waals surface area (Å²) in [4.78, 5) is 34.3. The average molecular weight is 440 g/mol. The number of H-pyrrole nitrogens is 1. The number of piperidine rings is 2. The summed E-state index contributed by atoms with van der Waals surface area (Å²) in [5.74, 6) is 1.40. The highest BCUT2D eigenvalue weighted by atomic mass is 16.2. The van der Waals surface area contributed by atoms with E-state index in [9.17, 15) is 9.59 Å². The highest BCUT2D eigenvalue weighted by molar-refractivity contribution is 5.99. The van der Waals surface area contributed by atoms with E-state index in [-0.39, 0.29) is 11.8 Å². The molecule has 0 aliphatic carbocycles. The van der Waals surface area contributed by atoms with E-state index in [2.05, 4.69) is 16.9 Å². The number of likely N-dealkylation sites (tertiary alicyclic amines) is 2. The SMILES string of the molecule is C[C@H](C(=O)N1CCC(C2CCN(C)CC2)CC1)N(C(=O)c1ccc2cc[nH]c2c1)N(C)C. The number of fused-ring (bicyclic) bond motifs is 1. The van der Waals surface area contributed by atoms with E-state index in [1.165, 1.54) is 25.9 Å². The van der Waals surface area contributed by atoms with Gasteiger partial charge >= 0.3 is 0 Å². The molecule has 2 aromatic rings. The Morgan fingerprint density at radius 1 is 1.00 bits per heavy atom. The van der Waals surface area contributed by atoms with Crippen molar-refractivity contribution in [3.05, 3.63) is 36.0 Å². The summed E-state index contributed by atoms with van der Waals surface area (Å²) >= 11 is 0. The van der Waals surface area contributed by atoms with Crippen LogP contribution in [0.2, 0.25) is 0 Å². The van der Waals surface area contributed by atoms with E-state index in [1.807, 2.05) is 56.4 Å². The molecule has 32 heavy (non-hydrogen) atoms. The number of nitrogens with one attached hydrogen (secondary N) is 1. The van der Waals surface area contributed by atoms with Crippen LogP contribution in [0.5, 0.6) is 0 Å². The zero-order chi connectivity index (χ0) is 22.8. The maximum atomic E-state index is 13.4. The lowest BCUT2D eigenvalue weighted by atomic mass is 9.79. The summed E-state index contributed by atoms with van der Waals surface area (Å²) in [5.41, 5.74) is 1.50. The number of aromatic nitrogens is 1. The molecule has 0 saturated carbocycles. The molecule has 174 valence electrons. The third-order valence-electron chi connectivity index (χ3n) is 7.45. The van der Waals surface area contributed by atoms with Crippen molar-refractivity contribution in [2.75, 3.05) is 47.3 Å². The fraction of sp³-hybridized carbons (Fsp3) is 0.600. The summed E-state index contributed by atoms with van der Waals surface area (Å²) in [6, 6.07) is 7.07. The Labute approximate surface area is 191 Å². The standard InChI is InChI=1S/C25H37N5O2/c1-18(24(31)29-15-10-20(11-16-29)19-8-13-28(4)14-9-19)30(27(2)3)25(32)22-6-5-21-7-12-26-23(21)17-22/h5-7,12,17-20,26H,8-11,13-16H2,1-4H3/t18-/m1/s1. The van der Waals surface area contributed by atoms with Gasteiger partial charge < -0.3 is 14.8 Å². The molecule has 3 heterocycles. The molecule has 2 fully saturated rings. The van der Waals surface area contributed by atoms with Crippen molar-refractivity contribution in [2.24, 2.45) is 11.8 Å². The van der Waals surface area contributed by atoms with Gasteiger partial charge in [-0.05, 0) is 88.2 Å². The van der Waals surface area contributed by atoms with Crippen molar-refractivity contribution >= 4 is 22.7 Å². The molecule has 0 radical (unpaired) electrons. The maximum absolute atomic E-state index is 13.4. The number of carbonyl (C=O) groups excluding carboxylic acids is 2. The van der Waals surface area contributed by atoms with E-state index in [0.29, 0.717) is 5.56 Å². The second-order valence-corrected chi connectivity index (χ2v) is 9.76. The molecule has 0 spiro atoms. The number of hydrogen-bond acceptors (Lipinski definition) is 4. The predicted octanol–water partition coefficient (Wildman–Crippen LogP) is 3.06. The van der Waals surface area contributed by atoms with Gasteiger partial charge in [0.25, 0.3) is 5.91 Å². The lowest BCUT2D eigenvalue weighted by molar-refractivity contribution is -0.141. The van der Waals surface area contributed by atoms with Gasteiger partial charge in [0.1, 0.15) is 6.04 Å². The Bertz CT molecular complexity index is 939. The number of hydrazine groups is 1. The third kappa shape index (κ3) is 4.69. The van der Waals surface area contributed by atoms with Gasteiger partial charge in [-0.2, -0.15) is 0 Å². The molecule has 2 aliphatic heterocycles. The fourth-order valence-corrected chi connectivity index (χ4v) is 5.48. The van der Waals surface area contributed by atoms with Gasteiger partial charge in [0.2, 0.25) is 5.91 Å². The summed E-state index contributed by atoms with van der Waals surface area (Å²) in [7, 11) is 5.84. The fourth-order valence-electron chi connectivity index (χ4n) is 5.48. The minimum Gasteiger partial charge on any atom is -0.361 e. The molecule has 2 aliphatic rings. The molecule has 1 N–H and O–H groups in total. The summed E-state index contributed by atoms with van der Waals surface area (Å²) in [6.07, 6.45) is 6.57. The van der Waals surface area contributed by atoms with Crippen molar-refractivity contribution in [3.8, 4) is 0 Å². The van der Waals surface area contributed by atoms with Gasteiger partial charge in [0.05, 0.1) is 0 Å². The zero-order valence-corrected chi connectivity index (χ0v) is 19.9. The normalized spacial score (nSPS) is 20.1. The van der Waals surface area contributed by atoms with Crippen molar-refractivity contribution < 1.29 is 9.59 Å². The molecule has 4 rings (SSSR count). The second kappa shape index (κ2) is 9.63. The van der Waals surface area contributed by atoms with Crippen LogP contribution in [0, 0.1) is 11.8 Å². The van der Waals surface area contributed by atoms with Gasteiger partial charge in [-0.25, -0.2) is 5.01 Å². The molecular formula is C25H37N5O2. The van der Waals surface area contributed by atoms with Crippen LogP contribution < -0.4 is 0 Å². The van der Waals surface area contributed by atoms with Gasteiger partial charge in [-0.3, -0.25) is 14.6 Å². The molecule has 1 aromatic heterocycles. The Kier molecular flexibility index (Phi) is 6.86. The van der Waals surface area contributed by atoms with E-state index in [0.717, 1.165) is 48.7 Å². The van der Waals surface area contributed by atoms with Crippen LogP contribution in [-0.2, 0) is 4.79 Å². The first kappa shape index (κ1) is 22.8. The number of rotatable bonds is 5. The quantitative estimate of drug-likeness (QED) is 0.728. The van der Waals surface area contributed by atoms with Crippen LogP contribution in [0.25, 0.3) is 10.9 Å². The van der Waals surface area contributed by atoms with Crippen LogP contribution in [0.3, 0.4) is 0 Å². The monoisotopic (exact) mass is 439 g/mol. The van der Waals surface area contributed by atoms with E-state index in [1.54, 1.807) is 10.0 Å². The van der Waals surface area contributed by atoms with Crippen molar-refractivity contribution in [1.82, 2.24) is 24.8 Å². The first-order valence-electron chi connectivity index (χ1n) is 11.9. The maximum Gasteiger partial charge on any atom is 0.268 e. The van der Waals surface area contributed by atoms with E-state index in [4.69, 9.17) is 0 Å². The summed E-state index contributed by atoms with van der Waals surface area (Å²) in [6.45, 7) is 5.81. The Balaban J connectivity index is 1.40. The van der Waals surface area contributed by atoms with Crippen LogP contribution >= 0.6 is 0 Å². The molecule has 0 bridgehead atoms. The number of aromatic amines is 1. The second-order valence-electron chi connectivity index (χ2n) is 9.76. The Morgan fingerprint density at radius 2 is 1.62 bits per heavy atom. The lowest BCUT2D eigenvalue weighted by Crippen LogP contribution is -2.55. The molecule has 2 amide bonds. The number of benzene rings is 1. The van der Waals surface area contributed by atoms with Gasteiger partial charge in [-0.15, -0.1) is 0 Å². The van der Waals surface area contributed by atoms with Crippen LogP contribution in [0.15, 0.2) is 30.5 Å². The smallest absolute Gasteiger partial charge is 0.268 e. The summed E-state index contributed by atoms with van der Waals surface area (Å²) in [5, 5.41) is 4.37. The average Bonchev–Trinajstić information content (AvgIpc) is 3.27. The number of hydrogen-bond donors (Lipinski definition) is 1. The predicted molar refractivity (Wildman–Crippen MR) is 127 cm³/mol. The molecule has 2 saturated heterocycles. The van der Waals surface area contributed by atoms with Gasteiger partial charge in [-0.1, -0.05) is 6.07 Å². The summed E-state index contributed by atoms with van der Waals surface area (Å²) < 4.78 is 0. The molecule has 0 unspecified atom stereocenters. The molecule has 7 heteroatoms. The van der Waals surface area contributed by atoms with Crippen LogP contribution in [0.1, 0.15) is 43.0 Å². The van der Waals surface area contributed by atoms with E-state index >= 15 is 0 Å². The van der Waals surface area contributed by atoms with Crippen molar-refractivity contribution in [1.29, 1.82) is 0 Å². The highest BCUT2D eigenvalue weighted by Gasteiger charge is 2.35. The third-order valence-corrected chi connectivity index (χ3v) is 7.45. The van der Waals surface area contributed by atoms with Gasteiger partial charge in [0.15, 0.2) is 0 Å². The Hall–Kier alpha value is -2.38. The van der Waals surface area contributed by atoms with Gasteiger partial charge in [0, 0.05) is 44.5 Å². The topological polar surface area (TPSA) is 62.9 Å². The minimum atomic E-state index is -0.545. The van der Waals surface area contributed by atoms with Crippen molar-refractivity contribution in [3.63, 3.8) is 0 Å². The lowest BCUT2D eigenvalue weighted by Gasteiger charge is -2.41. The molecular weight excluding hydrogens is 402 g/mol. The largest absolute Gasteiger partial charge is 0.361 e. The first-order chi connectivity index (χ1) is 15.3.